The van der Waals surface area contributed by atoms with Gasteiger partial charge in [-0.3, -0.25) is 4.79 Å². The second-order valence-corrected chi connectivity index (χ2v) is 8.54. The molecule has 6 heteroatoms. The summed E-state index contributed by atoms with van der Waals surface area (Å²) in [5.74, 6) is 1.06. The van der Waals surface area contributed by atoms with Crippen LogP contribution in [-0.2, 0) is 24.2 Å². The van der Waals surface area contributed by atoms with E-state index in [9.17, 15) is 4.79 Å². The van der Waals surface area contributed by atoms with Crippen LogP contribution < -0.4 is 5.32 Å². The summed E-state index contributed by atoms with van der Waals surface area (Å²) in [4.78, 5) is 25.3. The number of fused-ring (bicyclic) bond motifs is 3. The van der Waals surface area contributed by atoms with Crippen molar-refractivity contribution in [1.29, 1.82) is 0 Å². The van der Waals surface area contributed by atoms with E-state index in [4.69, 9.17) is 0 Å². The molecule has 1 N–H and O–H groups in total. The Bertz CT molecular complexity index is 1010. The highest BCUT2D eigenvalue weighted by Gasteiger charge is 2.30. The molecule has 5 rings (SSSR count). The summed E-state index contributed by atoms with van der Waals surface area (Å²) in [5.41, 5.74) is 3.60. The van der Waals surface area contributed by atoms with E-state index in [-0.39, 0.29) is 5.91 Å². The van der Waals surface area contributed by atoms with Crippen molar-refractivity contribution in [3.63, 3.8) is 0 Å². The molecule has 3 aromatic rings. The fourth-order valence-corrected chi connectivity index (χ4v) is 5.16. The number of rotatable bonds is 5. The van der Waals surface area contributed by atoms with Gasteiger partial charge < -0.3 is 10.2 Å². The Balaban J connectivity index is 1.37. The quantitative estimate of drug-likeness (QED) is 0.713. The van der Waals surface area contributed by atoms with Crippen molar-refractivity contribution in [3.05, 3.63) is 46.6 Å². The second-order valence-electron chi connectivity index (χ2n) is 7.46. The van der Waals surface area contributed by atoms with Gasteiger partial charge in [0, 0.05) is 30.1 Å². The summed E-state index contributed by atoms with van der Waals surface area (Å²) >= 11 is 1.80. The number of nitrogens with one attached hydrogen (secondary N) is 1. The minimum atomic E-state index is 0.161. The van der Waals surface area contributed by atoms with Crippen LogP contribution in [0, 0.1) is 0 Å². The van der Waals surface area contributed by atoms with Crippen molar-refractivity contribution >= 4 is 39.0 Å². The van der Waals surface area contributed by atoms with E-state index in [1.165, 1.54) is 22.2 Å². The van der Waals surface area contributed by atoms with Crippen molar-refractivity contribution in [2.75, 3.05) is 5.32 Å². The number of thiophene rings is 1. The third-order valence-electron chi connectivity index (χ3n) is 5.46. The number of amides is 1. The highest BCUT2D eigenvalue weighted by molar-refractivity contribution is 7.19. The Labute approximate surface area is 162 Å². The van der Waals surface area contributed by atoms with Gasteiger partial charge in [-0.1, -0.05) is 12.1 Å². The van der Waals surface area contributed by atoms with Crippen molar-refractivity contribution in [3.8, 4) is 0 Å². The Hall–Kier alpha value is -2.47. The van der Waals surface area contributed by atoms with Crippen LogP contribution in [0.4, 0.5) is 11.5 Å². The van der Waals surface area contributed by atoms with Crippen LogP contribution in [0.3, 0.4) is 0 Å². The zero-order valence-electron chi connectivity index (χ0n) is 15.4. The number of hydrogen-bond acceptors (Lipinski definition) is 5. The maximum absolute atomic E-state index is 11.8. The van der Waals surface area contributed by atoms with E-state index in [1.807, 2.05) is 4.90 Å². The topological polar surface area (TPSA) is 58.1 Å². The lowest BCUT2D eigenvalue weighted by molar-refractivity contribution is -0.130. The molecule has 2 aromatic heterocycles. The molecule has 0 spiro atoms. The van der Waals surface area contributed by atoms with Gasteiger partial charge in [0.2, 0.25) is 5.91 Å². The van der Waals surface area contributed by atoms with Gasteiger partial charge in [0.1, 0.15) is 17.0 Å². The molecule has 0 radical (unpaired) electrons. The molecule has 0 saturated heterocycles. The Morgan fingerprint density at radius 2 is 2.04 bits per heavy atom. The molecule has 1 fully saturated rings. The molecular weight excluding hydrogens is 356 g/mol. The van der Waals surface area contributed by atoms with E-state index < -0.39 is 0 Å². The third kappa shape index (κ3) is 3.18. The number of nitrogens with zero attached hydrogens (tertiary/aromatic N) is 3. The van der Waals surface area contributed by atoms with E-state index >= 15 is 0 Å². The minimum absolute atomic E-state index is 0.161. The first-order valence-electron chi connectivity index (χ1n) is 9.57. The normalized spacial score (nSPS) is 15.7. The lowest BCUT2D eigenvalue weighted by atomic mass is 10.1. The van der Waals surface area contributed by atoms with Crippen molar-refractivity contribution < 1.29 is 4.79 Å². The molecule has 1 saturated carbocycles. The minimum Gasteiger partial charge on any atom is -0.340 e. The van der Waals surface area contributed by atoms with Gasteiger partial charge >= 0.3 is 0 Å². The maximum Gasteiger partial charge on any atom is 0.219 e. The average molecular weight is 379 g/mol. The number of aromatic nitrogens is 2. The molecule has 1 amide bonds. The van der Waals surface area contributed by atoms with Crippen LogP contribution >= 0.6 is 11.3 Å². The number of hydrogen-bond donors (Lipinski definition) is 1. The highest BCUT2D eigenvalue weighted by Crippen LogP contribution is 2.39. The number of benzene rings is 1. The molecule has 138 valence electrons. The first-order chi connectivity index (χ1) is 13.2. The Morgan fingerprint density at radius 1 is 1.22 bits per heavy atom. The van der Waals surface area contributed by atoms with Gasteiger partial charge in [0.05, 0.1) is 5.39 Å². The smallest absolute Gasteiger partial charge is 0.219 e. The van der Waals surface area contributed by atoms with E-state index in [0.717, 1.165) is 47.6 Å². The summed E-state index contributed by atoms with van der Waals surface area (Å²) in [6.45, 7) is 2.35. The lowest BCUT2D eigenvalue weighted by Gasteiger charge is -2.20. The number of carbonyl (C=O) groups excluding carboxylic acids is 1. The number of anilines is 2. The predicted molar refractivity (Wildman–Crippen MR) is 108 cm³/mol. The van der Waals surface area contributed by atoms with Crippen LogP contribution in [-0.4, -0.2) is 26.8 Å². The molecule has 0 aliphatic heterocycles. The summed E-state index contributed by atoms with van der Waals surface area (Å²) < 4.78 is 0. The van der Waals surface area contributed by atoms with Crippen LogP contribution in [0.15, 0.2) is 30.6 Å². The first-order valence-corrected chi connectivity index (χ1v) is 10.4. The fourth-order valence-electron chi connectivity index (χ4n) is 3.93. The molecule has 0 atom stereocenters. The number of carbonyl (C=O) groups is 1. The summed E-state index contributed by atoms with van der Waals surface area (Å²) in [7, 11) is 0. The molecule has 5 nitrogen and oxygen atoms in total. The SMILES string of the molecule is CC(=O)N(Cc1ccc(Nc2ncnc3sc4c(c23)CCC4)cc1)C1CC1. The fraction of sp³-hybridized carbons (Fsp3) is 0.381. The van der Waals surface area contributed by atoms with Gasteiger partial charge in [-0.05, 0) is 55.4 Å². The highest BCUT2D eigenvalue weighted by atomic mass is 32.1. The Morgan fingerprint density at radius 3 is 2.78 bits per heavy atom. The summed E-state index contributed by atoms with van der Waals surface area (Å²) in [5, 5.41) is 4.67. The summed E-state index contributed by atoms with van der Waals surface area (Å²) in [6, 6.07) is 8.77. The molecular formula is C21H22N4OS. The van der Waals surface area contributed by atoms with Crippen molar-refractivity contribution in [2.45, 2.75) is 51.6 Å². The van der Waals surface area contributed by atoms with Gasteiger partial charge in [-0.15, -0.1) is 11.3 Å². The van der Waals surface area contributed by atoms with Crippen molar-refractivity contribution in [2.24, 2.45) is 0 Å². The van der Waals surface area contributed by atoms with E-state index in [2.05, 4.69) is 39.6 Å². The monoisotopic (exact) mass is 378 g/mol. The van der Waals surface area contributed by atoms with Crippen LogP contribution in [0.1, 0.15) is 42.2 Å². The largest absolute Gasteiger partial charge is 0.340 e. The number of aryl methyl sites for hydroxylation is 2. The van der Waals surface area contributed by atoms with Gasteiger partial charge in [-0.2, -0.15) is 0 Å². The molecule has 2 aliphatic rings. The standard InChI is InChI=1S/C21H22N4OS/c1-13(26)25(16-9-10-16)11-14-5-7-15(8-6-14)24-20-19-17-3-2-4-18(17)27-21(19)23-12-22-20/h5-8,12,16H,2-4,9-11H2,1H3,(H,22,23,24). The maximum atomic E-state index is 11.8. The average Bonchev–Trinajstić information content (AvgIpc) is 3.28. The summed E-state index contributed by atoms with van der Waals surface area (Å²) in [6.07, 6.45) is 7.43. The molecule has 2 aliphatic carbocycles. The predicted octanol–water partition coefficient (Wildman–Crippen LogP) is 4.43. The molecule has 2 heterocycles. The van der Waals surface area contributed by atoms with Gasteiger partial charge in [0.25, 0.3) is 0 Å². The zero-order chi connectivity index (χ0) is 18.4. The van der Waals surface area contributed by atoms with Crippen molar-refractivity contribution in [1.82, 2.24) is 14.9 Å². The molecule has 0 bridgehead atoms. The third-order valence-corrected chi connectivity index (χ3v) is 6.66. The lowest BCUT2D eigenvalue weighted by Crippen LogP contribution is -2.30. The molecule has 0 unspecified atom stereocenters. The van der Waals surface area contributed by atoms with E-state index in [0.29, 0.717) is 12.6 Å². The van der Waals surface area contributed by atoms with Crippen LogP contribution in [0.25, 0.3) is 10.2 Å². The first kappa shape index (κ1) is 16.7. The second kappa shape index (κ2) is 6.60. The zero-order valence-corrected chi connectivity index (χ0v) is 16.2. The molecule has 1 aromatic carbocycles. The van der Waals surface area contributed by atoms with Gasteiger partial charge in [0.15, 0.2) is 0 Å². The van der Waals surface area contributed by atoms with Crippen LogP contribution in [0.5, 0.6) is 0 Å². The van der Waals surface area contributed by atoms with Gasteiger partial charge in [-0.25, -0.2) is 9.97 Å². The van der Waals surface area contributed by atoms with E-state index in [1.54, 1.807) is 24.6 Å². The Kier molecular flexibility index (Phi) is 4.08. The van der Waals surface area contributed by atoms with Crippen LogP contribution in [0.2, 0.25) is 0 Å². The molecule has 27 heavy (non-hydrogen) atoms.